The molecule has 0 bridgehead atoms. The quantitative estimate of drug-likeness (QED) is 0.432. The number of nitrogens with one attached hydrogen (secondary N) is 1. The predicted octanol–water partition coefficient (Wildman–Crippen LogP) is 4.63. The fraction of sp³-hybridized carbons (Fsp3) is 0.185. The van der Waals surface area contributed by atoms with E-state index in [0.29, 0.717) is 17.5 Å². The van der Waals surface area contributed by atoms with Crippen LogP contribution in [0.1, 0.15) is 44.7 Å². The summed E-state index contributed by atoms with van der Waals surface area (Å²) in [6.07, 6.45) is 4.52. The molecule has 1 N–H and O–H groups in total. The van der Waals surface area contributed by atoms with Crippen molar-refractivity contribution in [3.8, 4) is 11.3 Å². The minimum absolute atomic E-state index is 0.164. The molecule has 0 unspecified atom stereocenters. The molecule has 2 aromatic carbocycles. The zero-order chi connectivity index (χ0) is 23.8. The van der Waals surface area contributed by atoms with Gasteiger partial charge in [-0.3, -0.25) is 19.3 Å². The number of fused-ring (bicyclic) bond motifs is 2. The highest BCUT2D eigenvalue weighted by atomic mass is 16.2. The second-order valence-corrected chi connectivity index (χ2v) is 8.54. The number of carbonyl (C=O) groups excluding carboxylic acids is 3. The molecule has 3 amide bonds. The number of aryl methyl sites for hydroxylation is 2. The van der Waals surface area contributed by atoms with Gasteiger partial charge in [-0.05, 0) is 55.7 Å². The first-order chi connectivity index (χ1) is 16.4. The summed E-state index contributed by atoms with van der Waals surface area (Å²) in [7, 11) is 0. The molecule has 0 atom stereocenters. The Morgan fingerprint density at radius 2 is 1.68 bits per heavy atom. The van der Waals surface area contributed by atoms with Gasteiger partial charge in [0.15, 0.2) is 0 Å². The Hall–Kier alpha value is -4.26. The largest absolute Gasteiger partial charge is 0.326 e. The van der Waals surface area contributed by atoms with Crippen molar-refractivity contribution >= 4 is 29.1 Å². The number of benzene rings is 2. The summed E-state index contributed by atoms with van der Waals surface area (Å²) in [5.41, 5.74) is 6.24. The Morgan fingerprint density at radius 3 is 2.38 bits per heavy atom. The van der Waals surface area contributed by atoms with Crippen molar-refractivity contribution in [3.05, 3.63) is 89.2 Å². The number of hydrogen-bond donors (Lipinski definition) is 1. The average Bonchev–Trinajstić information content (AvgIpc) is 3.37. The Bertz CT molecular complexity index is 1420. The second-order valence-electron chi connectivity index (χ2n) is 8.54. The number of anilines is 1. The molecule has 0 spiro atoms. The highest BCUT2D eigenvalue weighted by Crippen LogP contribution is 2.27. The van der Waals surface area contributed by atoms with Gasteiger partial charge < -0.3 is 9.72 Å². The lowest BCUT2D eigenvalue weighted by Gasteiger charge is -2.14. The molecule has 0 saturated carbocycles. The molecule has 170 valence electrons. The van der Waals surface area contributed by atoms with Crippen molar-refractivity contribution in [2.45, 2.75) is 26.7 Å². The van der Waals surface area contributed by atoms with E-state index in [1.165, 1.54) is 4.90 Å². The maximum Gasteiger partial charge on any atom is 0.261 e. The van der Waals surface area contributed by atoms with Gasteiger partial charge in [0, 0.05) is 36.6 Å². The van der Waals surface area contributed by atoms with Gasteiger partial charge in [-0.15, -0.1) is 0 Å². The zero-order valence-corrected chi connectivity index (χ0v) is 19.0. The number of pyridine rings is 1. The Morgan fingerprint density at radius 1 is 0.941 bits per heavy atom. The number of imide groups is 1. The molecule has 34 heavy (non-hydrogen) atoms. The first-order valence-electron chi connectivity index (χ1n) is 11.2. The topological polar surface area (TPSA) is 83.8 Å². The van der Waals surface area contributed by atoms with E-state index in [-0.39, 0.29) is 30.7 Å². The normalized spacial score (nSPS) is 12.9. The molecule has 0 aliphatic carbocycles. The van der Waals surface area contributed by atoms with E-state index < -0.39 is 0 Å². The molecular formula is C27H24N4O3. The van der Waals surface area contributed by atoms with Gasteiger partial charge in [-0.25, -0.2) is 4.98 Å². The van der Waals surface area contributed by atoms with E-state index in [0.717, 1.165) is 33.7 Å². The minimum atomic E-state index is -0.299. The van der Waals surface area contributed by atoms with Crippen LogP contribution in [0.2, 0.25) is 0 Å². The number of aromatic nitrogens is 2. The second kappa shape index (κ2) is 8.59. The van der Waals surface area contributed by atoms with Crippen LogP contribution in [-0.4, -0.2) is 38.6 Å². The lowest BCUT2D eigenvalue weighted by Crippen LogP contribution is -2.31. The molecule has 4 aromatic rings. The summed E-state index contributed by atoms with van der Waals surface area (Å²) < 4.78 is 1.99. The summed E-state index contributed by atoms with van der Waals surface area (Å²) in [6.45, 7) is 4.17. The molecular weight excluding hydrogens is 428 g/mol. The first kappa shape index (κ1) is 21.6. The van der Waals surface area contributed by atoms with Gasteiger partial charge in [0.2, 0.25) is 5.91 Å². The molecule has 0 saturated heterocycles. The molecule has 3 heterocycles. The van der Waals surface area contributed by atoms with Gasteiger partial charge in [0.1, 0.15) is 5.65 Å². The summed E-state index contributed by atoms with van der Waals surface area (Å²) >= 11 is 0. The highest BCUT2D eigenvalue weighted by molar-refractivity contribution is 6.21. The van der Waals surface area contributed by atoms with E-state index in [1.54, 1.807) is 24.3 Å². The molecule has 0 fully saturated rings. The third kappa shape index (κ3) is 3.85. The third-order valence-corrected chi connectivity index (χ3v) is 6.15. The molecule has 7 heteroatoms. The lowest BCUT2D eigenvalue weighted by molar-refractivity contribution is -0.116. The third-order valence-electron chi connectivity index (χ3n) is 6.15. The van der Waals surface area contributed by atoms with E-state index in [9.17, 15) is 14.4 Å². The minimum Gasteiger partial charge on any atom is -0.326 e. The number of rotatable bonds is 6. The Kier molecular flexibility index (Phi) is 5.45. The van der Waals surface area contributed by atoms with Crippen LogP contribution in [0, 0.1) is 13.8 Å². The van der Waals surface area contributed by atoms with Crippen LogP contribution in [0.3, 0.4) is 0 Å². The summed E-state index contributed by atoms with van der Waals surface area (Å²) in [4.78, 5) is 43.5. The lowest BCUT2D eigenvalue weighted by atomic mass is 10.1. The number of imidazole rings is 1. The van der Waals surface area contributed by atoms with Crippen LogP contribution in [-0.2, 0) is 4.79 Å². The van der Waals surface area contributed by atoms with Crippen molar-refractivity contribution in [2.75, 3.05) is 11.9 Å². The molecule has 1 aliphatic rings. The van der Waals surface area contributed by atoms with Gasteiger partial charge in [0.25, 0.3) is 11.8 Å². The van der Waals surface area contributed by atoms with Gasteiger partial charge >= 0.3 is 0 Å². The summed E-state index contributed by atoms with van der Waals surface area (Å²) in [6, 6.07) is 16.7. The van der Waals surface area contributed by atoms with Crippen molar-refractivity contribution in [1.82, 2.24) is 14.3 Å². The van der Waals surface area contributed by atoms with Crippen molar-refractivity contribution < 1.29 is 14.4 Å². The number of carbonyl (C=O) groups is 3. The van der Waals surface area contributed by atoms with E-state index in [2.05, 4.69) is 5.32 Å². The van der Waals surface area contributed by atoms with Crippen molar-refractivity contribution in [3.63, 3.8) is 0 Å². The van der Waals surface area contributed by atoms with Crippen LogP contribution < -0.4 is 5.32 Å². The van der Waals surface area contributed by atoms with Gasteiger partial charge in [0.05, 0.1) is 16.8 Å². The maximum absolute atomic E-state index is 12.6. The zero-order valence-electron chi connectivity index (χ0n) is 19.0. The van der Waals surface area contributed by atoms with Gasteiger partial charge in [-0.1, -0.05) is 30.3 Å². The van der Waals surface area contributed by atoms with E-state index >= 15 is 0 Å². The number of amides is 3. The van der Waals surface area contributed by atoms with Crippen LogP contribution in [0.15, 0.2) is 67.0 Å². The Balaban J connectivity index is 1.24. The SMILES string of the molecule is Cc1ccc(-c2cn3cccc(C)c3n2)cc1NC(=O)CCCN1C(=O)c2ccccc2C1=O. The summed E-state index contributed by atoms with van der Waals surface area (Å²) in [5, 5.41) is 2.97. The van der Waals surface area contributed by atoms with Crippen molar-refractivity contribution in [2.24, 2.45) is 0 Å². The maximum atomic E-state index is 12.6. The van der Waals surface area contributed by atoms with Crippen LogP contribution in [0.25, 0.3) is 16.9 Å². The fourth-order valence-electron chi connectivity index (χ4n) is 4.26. The predicted molar refractivity (Wildman–Crippen MR) is 130 cm³/mol. The standard InChI is InChI=1S/C27H24N4O3/c1-17-11-12-19(23-16-30-13-5-7-18(2)25(30)29-23)15-22(17)28-24(32)10-6-14-31-26(33)20-8-3-4-9-21(20)27(31)34/h3-5,7-9,11-13,15-16H,6,10,14H2,1-2H3,(H,28,32). The van der Waals surface area contributed by atoms with Crippen LogP contribution in [0.4, 0.5) is 5.69 Å². The molecule has 0 radical (unpaired) electrons. The molecule has 2 aromatic heterocycles. The number of hydrogen-bond acceptors (Lipinski definition) is 4. The monoisotopic (exact) mass is 452 g/mol. The number of nitrogens with zero attached hydrogens (tertiary/aromatic N) is 3. The van der Waals surface area contributed by atoms with Crippen molar-refractivity contribution in [1.29, 1.82) is 0 Å². The average molecular weight is 453 g/mol. The molecule has 1 aliphatic heterocycles. The highest BCUT2D eigenvalue weighted by Gasteiger charge is 2.34. The smallest absolute Gasteiger partial charge is 0.261 e. The van der Waals surface area contributed by atoms with Gasteiger partial charge in [-0.2, -0.15) is 0 Å². The van der Waals surface area contributed by atoms with Crippen LogP contribution >= 0.6 is 0 Å². The first-order valence-corrected chi connectivity index (χ1v) is 11.2. The molecule has 5 rings (SSSR count). The van der Waals surface area contributed by atoms with E-state index in [1.807, 2.05) is 61.0 Å². The van der Waals surface area contributed by atoms with E-state index in [4.69, 9.17) is 4.98 Å². The van der Waals surface area contributed by atoms with Crippen LogP contribution in [0.5, 0.6) is 0 Å². The summed E-state index contributed by atoms with van der Waals surface area (Å²) in [5.74, 6) is -0.762. The Labute approximate surface area is 197 Å². The molecule has 7 nitrogen and oxygen atoms in total. The fourth-order valence-corrected chi connectivity index (χ4v) is 4.26.